The minimum Gasteiger partial charge on any atom is -0.507 e. The summed E-state index contributed by atoms with van der Waals surface area (Å²) in [5, 5.41) is 10.1. The molecule has 34 heavy (non-hydrogen) atoms. The second-order valence-corrected chi connectivity index (χ2v) is 9.53. The van der Waals surface area contributed by atoms with Crippen LogP contribution in [0.4, 0.5) is 5.82 Å². The molecule has 1 aromatic carbocycles. The highest BCUT2D eigenvalue weighted by atomic mass is 16.5. The Morgan fingerprint density at radius 2 is 1.94 bits per heavy atom. The molecule has 1 aromatic heterocycles. The Morgan fingerprint density at radius 1 is 1.26 bits per heavy atom. The lowest BCUT2D eigenvalue weighted by Gasteiger charge is -2.48. The summed E-state index contributed by atoms with van der Waals surface area (Å²) in [4.78, 5) is 20.4. The van der Waals surface area contributed by atoms with Crippen LogP contribution in [0.3, 0.4) is 0 Å². The molecule has 8 heteroatoms. The number of morpholine rings is 1. The molecule has 0 saturated carbocycles. The Morgan fingerprint density at radius 3 is 2.59 bits per heavy atom. The maximum atomic E-state index is 12.9. The third-order valence-electron chi connectivity index (χ3n) is 6.80. The molecule has 2 unspecified atom stereocenters. The highest BCUT2D eigenvalue weighted by Gasteiger charge is 2.42. The van der Waals surface area contributed by atoms with E-state index in [1.165, 1.54) is 0 Å². The van der Waals surface area contributed by atoms with Gasteiger partial charge >= 0.3 is 0 Å². The molecule has 0 spiro atoms. The number of benzene rings is 1. The first-order valence-electron chi connectivity index (χ1n) is 11.7. The van der Waals surface area contributed by atoms with Crippen LogP contribution in [0.2, 0.25) is 0 Å². The summed E-state index contributed by atoms with van der Waals surface area (Å²) in [5.74, 6) is 0.982. The summed E-state index contributed by atoms with van der Waals surface area (Å²) >= 11 is 0. The number of nitrogens with zero attached hydrogens (tertiary/aromatic N) is 2. The second-order valence-electron chi connectivity index (χ2n) is 9.53. The van der Waals surface area contributed by atoms with Gasteiger partial charge in [-0.2, -0.15) is 0 Å². The number of ether oxygens (including phenoxy) is 1. The fraction of sp³-hybridized carbons (Fsp3) is 0.423. The van der Waals surface area contributed by atoms with Gasteiger partial charge in [0.15, 0.2) is 0 Å². The van der Waals surface area contributed by atoms with Crippen LogP contribution in [0.1, 0.15) is 41.1 Å². The molecule has 2 bridgehead atoms. The lowest BCUT2D eigenvalue weighted by Crippen LogP contribution is -2.58. The van der Waals surface area contributed by atoms with Crippen molar-refractivity contribution in [1.29, 1.82) is 0 Å². The molecule has 2 atom stereocenters. The third kappa shape index (κ3) is 4.83. The van der Waals surface area contributed by atoms with Gasteiger partial charge in [-0.25, -0.2) is 0 Å². The molecule has 6 N–H and O–H groups in total. The molecule has 2 aliphatic rings. The van der Waals surface area contributed by atoms with Gasteiger partial charge in [-0.15, -0.1) is 0 Å². The number of aromatic hydroxyl groups is 1. The van der Waals surface area contributed by atoms with Gasteiger partial charge in [0.2, 0.25) is 5.91 Å². The number of hydrogen-bond donors (Lipinski definition) is 4. The number of nitrogens with one attached hydrogen (secondary N) is 1. The maximum absolute atomic E-state index is 12.9. The van der Waals surface area contributed by atoms with Crippen molar-refractivity contribution in [2.75, 3.05) is 39.6 Å². The topological polar surface area (TPSA) is 121 Å². The van der Waals surface area contributed by atoms with E-state index in [1.807, 2.05) is 49.0 Å². The van der Waals surface area contributed by atoms with E-state index in [0.717, 1.165) is 36.2 Å². The van der Waals surface area contributed by atoms with Crippen molar-refractivity contribution in [3.63, 3.8) is 0 Å². The minimum absolute atomic E-state index is 0.0308. The van der Waals surface area contributed by atoms with Gasteiger partial charge in [0.05, 0.1) is 25.3 Å². The summed E-state index contributed by atoms with van der Waals surface area (Å²) < 4.78 is 5.80. The Labute approximate surface area is 200 Å². The number of anilines is 1. The predicted molar refractivity (Wildman–Crippen MR) is 135 cm³/mol. The van der Waals surface area contributed by atoms with Gasteiger partial charge in [0.1, 0.15) is 11.6 Å². The average molecular weight is 466 g/mol. The predicted octanol–water partition coefficient (Wildman–Crippen LogP) is 2.66. The maximum Gasteiger partial charge on any atom is 0.246 e. The van der Waals surface area contributed by atoms with Crippen LogP contribution in [-0.2, 0) is 9.53 Å². The number of H-pyrrole nitrogens is 1. The molecule has 0 radical (unpaired) electrons. The van der Waals surface area contributed by atoms with Crippen LogP contribution in [-0.4, -0.2) is 71.7 Å². The van der Waals surface area contributed by atoms with E-state index in [4.69, 9.17) is 16.2 Å². The van der Waals surface area contributed by atoms with Crippen LogP contribution >= 0.6 is 0 Å². The van der Waals surface area contributed by atoms with E-state index in [9.17, 15) is 9.90 Å². The second kappa shape index (κ2) is 9.95. The summed E-state index contributed by atoms with van der Waals surface area (Å²) in [6.45, 7) is 3.86. The standard InChI is InChI=1S/C26H35N5O3/c1-16-21(13-22(27)20-7-4-5-8-23(20)32)26(28)29-25(16)17-11-18-14-34-15-19(12-17)31(18)24(33)9-6-10-30(2)3/h4-9,13,17-19,29,32H,10-12,14-15,27-28H2,1-3H3/b9-6+,22-13-. The zero-order valence-electron chi connectivity index (χ0n) is 20.1. The quantitative estimate of drug-likeness (QED) is 0.487. The summed E-state index contributed by atoms with van der Waals surface area (Å²) in [6, 6.07) is 7.05. The van der Waals surface area contributed by atoms with E-state index in [-0.39, 0.29) is 29.7 Å². The zero-order chi connectivity index (χ0) is 24.4. The van der Waals surface area contributed by atoms with E-state index < -0.39 is 0 Å². The smallest absolute Gasteiger partial charge is 0.246 e. The van der Waals surface area contributed by atoms with Crippen molar-refractivity contribution >= 4 is 23.5 Å². The van der Waals surface area contributed by atoms with Crippen molar-refractivity contribution < 1.29 is 14.6 Å². The van der Waals surface area contributed by atoms with Crippen LogP contribution in [0, 0.1) is 6.92 Å². The largest absolute Gasteiger partial charge is 0.507 e. The fourth-order valence-corrected chi connectivity index (χ4v) is 5.16. The average Bonchev–Trinajstić information content (AvgIpc) is 3.06. The van der Waals surface area contributed by atoms with E-state index in [0.29, 0.717) is 30.3 Å². The lowest BCUT2D eigenvalue weighted by atomic mass is 9.81. The molecule has 8 nitrogen and oxygen atoms in total. The number of carbonyl (C=O) groups is 1. The van der Waals surface area contributed by atoms with Gasteiger partial charge in [0.25, 0.3) is 0 Å². The number of phenols is 1. The summed E-state index contributed by atoms with van der Waals surface area (Å²) in [5.41, 5.74) is 16.7. The summed E-state index contributed by atoms with van der Waals surface area (Å²) in [6.07, 6.45) is 7.03. The van der Waals surface area contributed by atoms with Crippen molar-refractivity contribution in [2.24, 2.45) is 5.73 Å². The summed E-state index contributed by atoms with van der Waals surface area (Å²) in [7, 11) is 3.96. The number of nitrogens with two attached hydrogens (primary N) is 2. The Bertz CT molecular complexity index is 1090. The first-order valence-corrected chi connectivity index (χ1v) is 11.7. The molecule has 2 aliphatic heterocycles. The number of amides is 1. The molecular weight excluding hydrogens is 430 g/mol. The number of phenolic OH excluding ortho intramolecular Hbond substituents is 1. The molecular formula is C26H35N5O3. The molecule has 2 fully saturated rings. The number of rotatable bonds is 6. The first kappa shape index (κ1) is 23.9. The van der Waals surface area contributed by atoms with Crippen molar-refractivity contribution in [2.45, 2.75) is 37.8 Å². The highest BCUT2D eigenvalue weighted by molar-refractivity contribution is 5.88. The van der Waals surface area contributed by atoms with Crippen LogP contribution < -0.4 is 11.5 Å². The molecule has 4 rings (SSSR count). The van der Waals surface area contributed by atoms with Gasteiger partial charge in [-0.1, -0.05) is 18.2 Å². The Balaban J connectivity index is 1.55. The number of para-hydroxylation sites is 1. The number of piperidine rings is 1. The zero-order valence-corrected chi connectivity index (χ0v) is 20.1. The fourth-order valence-electron chi connectivity index (χ4n) is 5.16. The van der Waals surface area contributed by atoms with Crippen molar-refractivity contribution in [3.8, 4) is 5.75 Å². The third-order valence-corrected chi connectivity index (χ3v) is 6.80. The number of aromatic nitrogens is 1. The van der Waals surface area contributed by atoms with E-state index in [2.05, 4.69) is 4.98 Å². The minimum atomic E-state index is 0.0308. The number of hydrogen-bond acceptors (Lipinski definition) is 6. The monoisotopic (exact) mass is 465 g/mol. The normalized spacial score (nSPS) is 23.1. The van der Waals surface area contributed by atoms with Crippen LogP contribution in [0.15, 0.2) is 36.4 Å². The van der Waals surface area contributed by atoms with Crippen LogP contribution in [0.5, 0.6) is 5.75 Å². The molecule has 2 saturated heterocycles. The Hall–Kier alpha value is -3.23. The number of carbonyl (C=O) groups excluding carboxylic acids is 1. The number of aromatic amines is 1. The van der Waals surface area contributed by atoms with E-state index in [1.54, 1.807) is 24.3 Å². The SMILES string of the molecule is Cc1c(C2CC3COCC(C2)N3C(=O)/C=C/CN(C)C)[nH]c(N)c1/C=C(\N)c1ccccc1O. The van der Waals surface area contributed by atoms with Crippen LogP contribution in [0.25, 0.3) is 11.8 Å². The number of fused-ring (bicyclic) bond motifs is 2. The molecule has 3 heterocycles. The Kier molecular flexibility index (Phi) is 7.00. The highest BCUT2D eigenvalue weighted by Crippen LogP contribution is 2.40. The van der Waals surface area contributed by atoms with E-state index >= 15 is 0 Å². The number of likely N-dealkylation sites (N-methyl/N-ethyl adjacent to an activating group) is 1. The van der Waals surface area contributed by atoms with Gasteiger partial charge < -0.3 is 36.1 Å². The van der Waals surface area contributed by atoms with Crippen molar-refractivity contribution in [1.82, 2.24) is 14.8 Å². The molecule has 2 aromatic rings. The molecule has 0 aliphatic carbocycles. The van der Waals surface area contributed by atoms with Gasteiger partial charge in [0, 0.05) is 41.1 Å². The van der Waals surface area contributed by atoms with Gasteiger partial charge in [-0.05, 0) is 57.6 Å². The molecule has 1 amide bonds. The number of nitrogen functional groups attached to an aromatic ring is 1. The first-order chi connectivity index (χ1) is 16.3. The lowest BCUT2D eigenvalue weighted by molar-refractivity contribution is -0.146. The van der Waals surface area contributed by atoms with Crippen molar-refractivity contribution in [3.05, 3.63) is 58.8 Å². The molecule has 182 valence electrons. The van der Waals surface area contributed by atoms with Gasteiger partial charge in [-0.3, -0.25) is 4.79 Å².